The lowest BCUT2D eigenvalue weighted by molar-refractivity contribution is -0.118. The van der Waals surface area contributed by atoms with Gasteiger partial charge in [0.05, 0.1) is 0 Å². The van der Waals surface area contributed by atoms with Crippen LogP contribution in [0.2, 0.25) is 0 Å². The molecule has 2 amide bonds. The van der Waals surface area contributed by atoms with E-state index in [9.17, 15) is 9.59 Å². The zero-order valence-electron chi connectivity index (χ0n) is 14.5. The Kier molecular flexibility index (Phi) is 5.03. The first-order chi connectivity index (χ1) is 12.0. The van der Waals surface area contributed by atoms with E-state index in [-0.39, 0.29) is 24.3 Å². The Hall–Kier alpha value is -2.82. The van der Waals surface area contributed by atoms with Crippen LogP contribution in [0.5, 0.6) is 5.75 Å². The number of carbonyl (C=O) groups is 2. The summed E-state index contributed by atoms with van der Waals surface area (Å²) in [6, 6.07) is 13.0. The lowest BCUT2D eigenvalue weighted by Gasteiger charge is -2.12. The minimum atomic E-state index is -0.218. The summed E-state index contributed by atoms with van der Waals surface area (Å²) in [6.07, 6.45) is 1.92. The molecule has 0 saturated heterocycles. The fraction of sp³-hybridized carbons (Fsp3) is 0.300. The number of nitrogens with one attached hydrogen (secondary N) is 2. The highest BCUT2D eigenvalue weighted by atomic mass is 16.5. The molecule has 3 rings (SSSR count). The van der Waals surface area contributed by atoms with E-state index in [2.05, 4.69) is 10.6 Å². The van der Waals surface area contributed by atoms with E-state index in [1.165, 1.54) is 0 Å². The number of rotatable bonds is 6. The van der Waals surface area contributed by atoms with Gasteiger partial charge in [-0.2, -0.15) is 0 Å². The SMILES string of the molecule is Cc1cccc(C)c1NC(=O)COc1cccc(NC(=O)C2CC2)c1. The van der Waals surface area contributed by atoms with E-state index in [0.29, 0.717) is 11.4 Å². The summed E-state index contributed by atoms with van der Waals surface area (Å²) in [4.78, 5) is 23.9. The Morgan fingerprint density at radius 2 is 1.72 bits per heavy atom. The van der Waals surface area contributed by atoms with Gasteiger partial charge in [0.25, 0.3) is 5.91 Å². The molecule has 25 heavy (non-hydrogen) atoms. The standard InChI is InChI=1S/C20H22N2O3/c1-13-5-3-6-14(2)19(13)22-18(23)12-25-17-8-4-7-16(11-17)21-20(24)15-9-10-15/h3-8,11,15H,9-10,12H2,1-2H3,(H,21,24)(H,22,23). The van der Waals surface area contributed by atoms with Gasteiger partial charge < -0.3 is 15.4 Å². The lowest BCUT2D eigenvalue weighted by atomic mass is 10.1. The van der Waals surface area contributed by atoms with Gasteiger partial charge in [-0.05, 0) is 49.9 Å². The first-order valence-corrected chi connectivity index (χ1v) is 8.43. The molecule has 1 aliphatic rings. The topological polar surface area (TPSA) is 67.4 Å². The van der Waals surface area contributed by atoms with Crippen LogP contribution in [0.25, 0.3) is 0 Å². The van der Waals surface area contributed by atoms with Gasteiger partial charge in [-0.15, -0.1) is 0 Å². The number of para-hydroxylation sites is 1. The van der Waals surface area contributed by atoms with Crippen molar-refractivity contribution in [3.63, 3.8) is 0 Å². The summed E-state index contributed by atoms with van der Waals surface area (Å²) in [5, 5.41) is 5.75. The molecule has 1 saturated carbocycles. The van der Waals surface area contributed by atoms with E-state index in [1.807, 2.05) is 38.1 Å². The highest BCUT2D eigenvalue weighted by Gasteiger charge is 2.29. The minimum absolute atomic E-state index is 0.0462. The highest BCUT2D eigenvalue weighted by molar-refractivity contribution is 5.94. The molecule has 0 heterocycles. The van der Waals surface area contributed by atoms with Crippen LogP contribution in [0.15, 0.2) is 42.5 Å². The van der Waals surface area contributed by atoms with E-state index < -0.39 is 0 Å². The minimum Gasteiger partial charge on any atom is -0.484 e. The van der Waals surface area contributed by atoms with Crippen LogP contribution in [-0.2, 0) is 9.59 Å². The summed E-state index contributed by atoms with van der Waals surface area (Å²) in [5.74, 6) is 0.521. The Labute approximate surface area is 147 Å². The van der Waals surface area contributed by atoms with Crippen molar-refractivity contribution in [3.8, 4) is 5.75 Å². The first-order valence-electron chi connectivity index (χ1n) is 8.43. The van der Waals surface area contributed by atoms with Gasteiger partial charge in [0.2, 0.25) is 5.91 Å². The predicted octanol–water partition coefficient (Wildman–Crippen LogP) is 3.67. The molecule has 0 atom stereocenters. The fourth-order valence-electron chi connectivity index (χ4n) is 2.59. The van der Waals surface area contributed by atoms with Crippen LogP contribution in [-0.4, -0.2) is 18.4 Å². The van der Waals surface area contributed by atoms with Gasteiger partial charge in [0.15, 0.2) is 6.61 Å². The van der Waals surface area contributed by atoms with Crippen molar-refractivity contribution < 1.29 is 14.3 Å². The zero-order valence-corrected chi connectivity index (χ0v) is 14.5. The normalized spacial score (nSPS) is 13.2. The third kappa shape index (κ3) is 4.59. The van der Waals surface area contributed by atoms with Crippen LogP contribution < -0.4 is 15.4 Å². The Balaban J connectivity index is 1.56. The first kappa shape index (κ1) is 17.0. The molecular formula is C20H22N2O3. The highest BCUT2D eigenvalue weighted by Crippen LogP contribution is 2.30. The molecule has 2 aromatic rings. The quantitative estimate of drug-likeness (QED) is 0.844. The van der Waals surface area contributed by atoms with E-state index >= 15 is 0 Å². The second-order valence-corrected chi connectivity index (χ2v) is 6.40. The van der Waals surface area contributed by atoms with Gasteiger partial charge in [0, 0.05) is 23.4 Å². The van der Waals surface area contributed by atoms with Crippen molar-refractivity contribution in [2.45, 2.75) is 26.7 Å². The van der Waals surface area contributed by atoms with Crippen molar-refractivity contribution in [1.82, 2.24) is 0 Å². The molecule has 130 valence electrons. The number of hydrogen-bond acceptors (Lipinski definition) is 3. The molecule has 1 fully saturated rings. The third-order valence-electron chi connectivity index (χ3n) is 4.17. The number of aryl methyl sites for hydroxylation is 2. The van der Waals surface area contributed by atoms with E-state index in [0.717, 1.165) is 29.7 Å². The summed E-state index contributed by atoms with van der Waals surface area (Å²) < 4.78 is 5.55. The summed E-state index contributed by atoms with van der Waals surface area (Å²) in [7, 11) is 0. The maximum absolute atomic E-state index is 12.1. The fourth-order valence-corrected chi connectivity index (χ4v) is 2.59. The van der Waals surface area contributed by atoms with Crippen molar-refractivity contribution >= 4 is 23.2 Å². The van der Waals surface area contributed by atoms with Crippen molar-refractivity contribution in [1.29, 1.82) is 0 Å². The van der Waals surface area contributed by atoms with Gasteiger partial charge in [-0.3, -0.25) is 9.59 Å². The van der Waals surface area contributed by atoms with Gasteiger partial charge >= 0.3 is 0 Å². The number of amides is 2. The molecule has 5 heteroatoms. The van der Waals surface area contributed by atoms with Crippen LogP contribution in [0.3, 0.4) is 0 Å². The van der Waals surface area contributed by atoms with Crippen molar-refractivity contribution in [2.24, 2.45) is 5.92 Å². The molecule has 0 aromatic heterocycles. The molecule has 0 aliphatic heterocycles. The maximum Gasteiger partial charge on any atom is 0.262 e. The smallest absolute Gasteiger partial charge is 0.262 e. The number of benzene rings is 2. The lowest BCUT2D eigenvalue weighted by Crippen LogP contribution is -2.21. The molecule has 0 unspecified atom stereocenters. The average Bonchev–Trinajstić information content (AvgIpc) is 3.42. The zero-order chi connectivity index (χ0) is 17.8. The van der Waals surface area contributed by atoms with Crippen LogP contribution in [0.4, 0.5) is 11.4 Å². The monoisotopic (exact) mass is 338 g/mol. The van der Waals surface area contributed by atoms with Gasteiger partial charge in [0.1, 0.15) is 5.75 Å². The number of hydrogen-bond donors (Lipinski definition) is 2. The van der Waals surface area contributed by atoms with Gasteiger partial charge in [-0.25, -0.2) is 0 Å². The second kappa shape index (κ2) is 7.38. The second-order valence-electron chi connectivity index (χ2n) is 6.40. The van der Waals surface area contributed by atoms with Crippen LogP contribution in [0.1, 0.15) is 24.0 Å². The largest absolute Gasteiger partial charge is 0.484 e. The summed E-state index contributed by atoms with van der Waals surface area (Å²) in [6.45, 7) is 3.82. The average molecular weight is 338 g/mol. The molecule has 0 bridgehead atoms. The number of anilines is 2. The molecule has 0 radical (unpaired) electrons. The molecule has 2 N–H and O–H groups in total. The number of ether oxygens (including phenoxy) is 1. The van der Waals surface area contributed by atoms with E-state index in [1.54, 1.807) is 18.2 Å². The maximum atomic E-state index is 12.1. The summed E-state index contributed by atoms with van der Waals surface area (Å²) in [5.41, 5.74) is 3.53. The third-order valence-corrected chi connectivity index (χ3v) is 4.17. The Bertz CT molecular complexity index is 777. The molecule has 0 spiro atoms. The summed E-state index contributed by atoms with van der Waals surface area (Å²) >= 11 is 0. The van der Waals surface area contributed by atoms with E-state index in [4.69, 9.17) is 4.74 Å². The van der Waals surface area contributed by atoms with Gasteiger partial charge in [-0.1, -0.05) is 24.3 Å². The Morgan fingerprint density at radius 1 is 1.04 bits per heavy atom. The Morgan fingerprint density at radius 3 is 2.40 bits per heavy atom. The number of carbonyl (C=O) groups excluding carboxylic acids is 2. The van der Waals surface area contributed by atoms with Crippen molar-refractivity contribution in [2.75, 3.05) is 17.2 Å². The molecule has 2 aromatic carbocycles. The van der Waals surface area contributed by atoms with Crippen LogP contribution in [0, 0.1) is 19.8 Å². The van der Waals surface area contributed by atoms with Crippen molar-refractivity contribution in [3.05, 3.63) is 53.6 Å². The molecule has 1 aliphatic carbocycles. The molecule has 5 nitrogen and oxygen atoms in total. The molecular weight excluding hydrogens is 316 g/mol. The van der Waals surface area contributed by atoms with Crippen LogP contribution >= 0.6 is 0 Å². The predicted molar refractivity (Wildman–Crippen MR) is 97.8 cm³/mol.